The van der Waals surface area contributed by atoms with Crippen molar-refractivity contribution in [1.29, 1.82) is 0 Å². The maximum Gasteiger partial charge on any atom is 0.00391 e. The second-order valence-corrected chi connectivity index (χ2v) is 6.70. The molecule has 2 fully saturated rings. The highest BCUT2D eigenvalue weighted by molar-refractivity contribution is 4.80. The van der Waals surface area contributed by atoms with Gasteiger partial charge in [-0.3, -0.25) is 0 Å². The molecule has 2 rings (SSSR count). The van der Waals surface area contributed by atoms with Crippen LogP contribution in [0.4, 0.5) is 0 Å². The fourth-order valence-corrected chi connectivity index (χ4v) is 2.48. The van der Waals surface area contributed by atoms with Crippen molar-refractivity contribution in [2.45, 2.75) is 65.3 Å². The molecule has 0 spiro atoms. The lowest BCUT2D eigenvalue weighted by molar-refractivity contribution is 0.230. The predicted octanol–water partition coefficient (Wildman–Crippen LogP) is 3.28. The van der Waals surface area contributed by atoms with Crippen LogP contribution in [0.3, 0.4) is 0 Å². The van der Waals surface area contributed by atoms with Gasteiger partial charge in [0, 0.05) is 12.6 Å². The molecule has 0 aromatic heterocycles. The van der Waals surface area contributed by atoms with Gasteiger partial charge in [0.2, 0.25) is 0 Å². The first-order valence-corrected chi connectivity index (χ1v) is 7.41. The van der Waals surface area contributed by atoms with Crippen LogP contribution in [-0.2, 0) is 0 Å². The molecular weight excluding hydrogens is 208 g/mol. The summed E-state index contributed by atoms with van der Waals surface area (Å²) in [6, 6.07) is 0.748. The van der Waals surface area contributed by atoms with E-state index in [1.165, 1.54) is 58.2 Å². The van der Waals surface area contributed by atoms with Gasteiger partial charge in [0.05, 0.1) is 0 Å². The first-order valence-electron chi connectivity index (χ1n) is 7.41. The molecule has 2 nitrogen and oxygen atoms in total. The second kappa shape index (κ2) is 7.38. The lowest BCUT2D eigenvalue weighted by Gasteiger charge is -2.33. The lowest BCUT2D eigenvalue weighted by Crippen LogP contribution is -2.41. The SMILES string of the molecule is CC1CCC(C)(C)CN1.CN1CCCCCC1. The van der Waals surface area contributed by atoms with E-state index in [0.29, 0.717) is 5.41 Å². The van der Waals surface area contributed by atoms with Crippen LogP contribution in [-0.4, -0.2) is 37.6 Å². The molecule has 2 saturated heterocycles. The second-order valence-electron chi connectivity index (χ2n) is 6.70. The standard InChI is InChI=1S/C8H17N.C7H15N/c1-7-4-5-8(2,3)6-9-7;1-8-6-4-2-3-5-7-8/h7,9H,4-6H2,1-3H3;2-7H2,1H3. The van der Waals surface area contributed by atoms with Crippen LogP contribution >= 0.6 is 0 Å². The first-order chi connectivity index (χ1) is 7.99. The Kier molecular flexibility index (Phi) is 6.50. The first kappa shape index (κ1) is 15.0. The maximum atomic E-state index is 3.47. The third-order valence-electron chi connectivity index (χ3n) is 4.01. The smallest absolute Gasteiger partial charge is 0.00391 e. The van der Waals surface area contributed by atoms with Crippen molar-refractivity contribution in [3.8, 4) is 0 Å². The molecule has 2 aliphatic heterocycles. The van der Waals surface area contributed by atoms with Crippen LogP contribution in [0.25, 0.3) is 0 Å². The number of rotatable bonds is 0. The van der Waals surface area contributed by atoms with E-state index in [4.69, 9.17) is 0 Å². The molecule has 0 amide bonds. The molecule has 0 saturated carbocycles. The summed E-state index contributed by atoms with van der Waals surface area (Å²) < 4.78 is 0. The van der Waals surface area contributed by atoms with Crippen molar-refractivity contribution in [3.63, 3.8) is 0 Å². The van der Waals surface area contributed by atoms with E-state index in [1.54, 1.807) is 0 Å². The Bertz CT molecular complexity index is 183. The number of likely N-dealkylation sites (tertiary alicyclic amines) is 1. The quantitative estimate of drug-likeness (QED) is 0.699. The molecule has 1 unspecified atom stereocenters. The normalized spacial score (nSPS) is 30.0. The zero-order chi connectivity index (χ0) is 12.7. The molecule has 2 aliphatic rings. The molecule has 0 bridgehead atoms. The highest BCUT2D eigenvalue weighted by atomic mass is 15.1. The van der Waals surface area contributed by atoms with Gasteiger partial charge in [0.1, 0.15) is 0 Å². The summed E-state index contributed by atoms with van der Waals surface area (Å²) in [6.07, 6.45) is 8.44. The van der Waals surface area contributed by atoms with Crippen LogP contribution in [0.2, 0.25) is 0 Å². The molecule has 17 heavy (non-hydrogen) atoms. The summed E-state index contributed by atoms with van der Waals surface area (Å²) in [5.41, 5.74) is 0.548. The monoisotopic (exact) mass is 240 g/mol. The van der Waals surface area contributed by atoms with Gasteiger partial charge >= 0.3 is 0 Å². The van der Waals surface area contributed by atoms with Gasteiger partial charge in [-0.05, 0) is 58.2 Å². The van der Waals surface area contributed by atoms with E-state index in [-0.39, 0.29) is 0 Å². The largest absolute Gasteiger partial charge is 0.314 e. The van der Waals surface area contributed by atoms with Gasteiger partial charge in [-0.25, -0.2) is 0 Å². The molecule has 0 aromatic carbocycles. The van der Waals surface area contributed by atoms with Crippen molar-refractivity contribution in [3.05, 3.63) is 0 Å². The van der Waals surface area contributed by atoms with Crippen molar-refractivity contribution in [1.82, 2.24) is 10.2 Å². The Labute approximate surface area is 108 Å². The van der Waals surface area contributed by atoms with Gasteiger partial charge < -0.3 is 10.2 Å². The highest BCUT2D eigenvalue weighted by Crippen LogP contribution is 2.25. The maximum absolute atomic E-state index is 3.47. The van der Waals surface area contributed by atoms with Crippen LogP contribution in [0, 0.1) is 5.41 Å². The molecule has 1 N–H and O–H groups in total. The van der Waals surface area contributed by atoms with Gasteiger partial charge in [-0.15, -0.1) is 0 Å². The number of nitrogens with zero attached hydrogens (tertiary/aromatic N) is 1. The minimum absolute atomic E-state index is 0.548. The fraction of sp³-hybridized carbons (Fsp3) is 1.00. The number of hydrogen-bond donors (Lipinski definition) is 1. The Hall–Kier alpha value is -0.0800. The van der Waals surface area contributed by atoms with Gasteiger partial charge in [-0.1, -0.05) is 26.7 Å². The predicted molar refractivity (Wildman–Crippen MR) is 76.4 cm³/mol. The molecular formula is C15H32N2. The van der Waals surface area contributed by atoms with Gasteiger partial charge in [0.25, 0.3) is 0 Å². The lowest BCUT2D eigenvalue weighted by atomic mass is 9.83. The molecule has 0 radical (unpaired) electrons. The van der Waals surface area contributed by atoms with E-state index in [1.807, 2.05) is 0 Å². The highest BCUT2D eigenvalue weighted by Gasteiger charge is 2.23. The van der Waals surface area contributed by atoms with Crippen molar-refractivity contribution < 1.29 is 0 Å². The van der Waals surface area contributed by atoms with E-state index in [2.05, 4.69) is 38.0 Å². The zero-order valence-electron chi connectivity index (χ0n) is 12.4. The number of hydrogen-bond acceptors (Lipinski definition) is 2. The zero-order valence-corrected chi connectivity index (χ0v) is 12.4. The van der Waals surface area contributed by atoms with Crippen LogP contribution in [0.15, 0.2) is 0 Å². The number of piperidine rings is 1. The van der Waals surface area contributed by atoms with Gasteiger partial charge in [-0.2, -0.15) is 0 Å². The van der Waals surface area contributed by atoms with E-state index in [9.17, 15) is 0 Å². The summed E-state index contributed by atoms with van der Waals surface area (Å²) in [6.45, 7) is 10.7. The Morgan fingerprint density at radius 2 is 1.65 bits per heavy atom. The molecule has 2 heterocycles. The number of nitrogens with one attached hydrogen (secondary N) is 1. The third kappa shape index (κ3) is 7.05. The average Bonchev–Trinajstić information content (AvgIpc) is 2.52. The van der Waals surface area contributed by atoms with Crippen molar-refractivity contribution in [2.75, 3.05) is 26.7 Å². The summed E-state index contributed by atoms with van der Waals surface area (Å²) >= 11 is 0. The Morgan fingerprint density at radius 3 is 2.06 bits per heavy atom. The fourth-order valence-electron chi connectivity index (χ4n) is 2.48. The molecule has 0 aliphatic carbocycles. The molecule has 2 heteroatoms. The topological polar surface area (TPSA) is 15.3 Å². The molecule has 0 aromatic rings. The summed E-state index contributed by atoms with van der Waals surface area (Å²) in [5, 5.41) is 3.47. The molecule has 102 valence electrons. The van der Waals surface area contributed by atoms with E-state index in [0.717, 1.165) is 6.04 Å². The van der Waals surface area contributed by atoms with Gasteiger partial charge in [0.15, 0.2) is 0 Å². The van der Waals surface area contributed by atoms with Crippen molar-refractivity contribution >= 4 is 0 Å². The Morgan fingerprint density at radius 1 is 1.06 bits per heavy atom. The van der Waals surface area contributed by atoms with Crippen LogP contribution in [0.1, 0.15) is 59.3 Å². The average molecular weight is 240 g/mol. The van der Waals surface area contributed by atoms with E-state index < -0.39 is 0 Å². The van der Waals surface area contributed by atoms with Crippen LogP contribution in [0.5, 0.6) is 0 Å². The van der Waals surface area contributed by atoms with Crippen LogP contribution < -0.4 is 5.32 Å². The minimum Gasteiger partial charge on any atom is -0.314 e. The summed E-state index contributed by atoms with van der Waals surface area (Å²) in [7, 11) is 2.21. The third-order valence-corrected chi connectivity index (χ3v) is 4.01. The summed E-state index contributed by atoms with van der Waals surface area (Å²) in [5.74, 6) is 0. The van der Waals surface area contributed by atoms with E-state index >= 15 is 0 Å². The minimum atomic E-state index is 0.548. The molecule has 1 atom stereocenters. The van der Waals surface area contributed by atoms with Crippen molar-refractivity contribution in [2.24, 2.45) is 5.41 Å². The summed E-state index contributed by atoms with van der Waals surface area (Å²) in [4.78, 5) is 2.42. The Balaban J connectivity index is 0.000000171.